The summed E-state index contributed by atoms with van der Waals surface area (Å²) in [7, 11) is -1.75. The molecule has 0 aliphatic rings. The lowest BCUT2D eigenvalue weighted by atomic mass is 10.3. The van der Waals surface area contributed by atoms with Gasteiger partial charge in [-0.25, -0.2) is 13.1 Å². The molecular weight excluding hydrogens is 276 g/mol. The lowest BCUT2D eigenvalue weighted by molar-refractivity contribution is 0.570. The van der Waals surface area contributed by atoms with Crippen LogP contribution in [0.2, 0.25) is 0 Å². The van der Waals surface area contributed by atoms with E-state index < -0.39 is 10.0 Å². The van der Waals surface area contributed by atoms with E-state index in [1.54, 1.807) is 62.1 Å². The molecule has 1 aromatic heterocycles. The van der Waals surface area contributed by atoms with Crippen molar-refractivity contribution < 1.29 is 8.42 Å². The smallest absolute Gasteiger partial charge is 0.242 e. The first-order valence-electron chi connectivity index (χ1n) is 6.26. The molecule has 0 saturated heterocycles. The molecule has 1 aromatic carbocycles. The van der Waals surface area contributed by atoms with Crippen LogP contribution in [0.4, 0.5) is 11.5 Å². The minimum absolute atomic E-state index is 0.164. The molecule has 0 radical (unpaired) electrons. The van der Waals surface area contributed by atoms with Gasteiger partial charge in [0, 0.05) is 25.4 Å². The highest BCUT2D eigenvalue weighted by Gasteiger charge is 2.19. The van der Waals surface area contributed by atoms with Crippen LogP contribution in [0.25, 0.3) is 0 Å². The van der Waals surface area contributed by atoms with Crippen LogP contribution in [0.3, 0.4) is 0 Å². The first-order chi connectivity index (χ1) is 9.38. The Morgan fingerprint density at radius 3 is 2.50 bits per heavy atom. The molecule has 2 N–H and O–H groups in total. The lowest BCUT2D eigenvalue weighted by Gasteiger charge is -2.13. The number of hydrogen-bond donors (Lipinski definition) is 2. The van der Waals surface area contributed by atoms with Crippen molar-refractivity contribution in [3.05, 3.63) is 36.5 Å². The molecule has 0 saturated carbocycles. The van der Waals surface area contributed by atoms with E-state index in [4.69, 9.17) is 0 Å². The fourth-order valence-electron chi connectivity index (χ4n) is 1.80. The highest BCUT2D eigenvalue weighted by Crippen LogP contribution is 2.23. The SMILES string of the molecule is CC(C)NS(=O)(=O)c1ccccc1Nc1ccn(C)n1. The Bertz CT molecular complexity index is 692. The van der Waals surface area contributed by atoms with Crippen molar-refractivity contribution in [2.24, 2.45) is 7.05 Å². The fraction of sp³-hybridized carbons (Fsp3) is 0.308. The Morgan fingerprint density at radius 2 is 1.90 bits per heavy atom. The summed E-state index contributed by atoms with van der Waals surface area (Å²) in [4.78, 5) is 0.208. The number of hydrogen-bond acceptors (Lipinski definition) is 4. The summed E-state index contributed by atoms with van der Waals surface area (Å²) >= 11 is 0. The molecule has 0 spiro atoms. The average molecular weight is 294 g/mol. The summed E-state index contributed by atoms with van der Waals surface area (Å²) in [5, 5.41) is 7.20. The average Bonchev–Trinajstić information content (AvgIpc) is 2.73. The monoisotopic (exact) mass is 294 g/mol. The quantitative estimate of drug-likeness (QED) is 0.882. The van der Waals surface area contributed by atoms with Crippen LogP contribution in [0.15, 0.2) is 41.4 Å². The Labute approximate surface area is 118 Å². The Kier molecular flexibility index (Phi) is 4.10. The van der Waals surface area contributed by atoms with E-state index in [9.17, 15) is 8.42 Å². The van der Waals surface area contributed by atoms with E-state index in [0.29, 0.717) is 11.5 Å². The third-order valence-corrected chi connectivity index (χ3v) is 4.26. The predicted octanol–water partition coefficient (Wildman–Crippen LogP) is 1.85. The van der Waals surface area contributed by atoms with Crippen LogP contribution < -0.4 is 10.0 Å². The van der Waals surface area contributed by atoms with E-state index in [1.165, 1.54) is 0 Å². The van der Waals surface area contributed by atoms with Crippen LogP contribution in [-0.2, 0) is 17.1 Å². The summed E-state index contributed by atoms with van der Waals surface area (Å²) in [5.41, 5.74) is 0.499. The first kappa shape index (κ1) is 14.5. The second-order valence-electron chi connectivity index (χ2n) is 4.77. The van der Waals surface area contributed by atoms with Crippen molar-refractivity contribution in [2.75, 3.05) is 5.32 Å². The molecule has 2 aromatic rings. The maximum atomic E-state index is 12.3. The summed E-state index contributed by atoms with van der Waals surface area (Å²) < 4.78 is 28.8. The van der Waals surface area contributed by atoms with Crippen molar-refractivity contribution in [2.45, 2.75) is 24.8 Å². The van der Waals surface area contributed by atoms with Crippen molar-refractivity contribution in [3.63, 3.8) is 0 Å². The summed E-state index contributed by atoms with van der Waals surface area (Å²) in [6.45, 7) is 3.57. The van der Waals surface area contributed by atoms with Gasteiger partial charge in [-0.2, -0.15) is 5.10 Å². The van der Waals surface area contributed by atoms with Gasteiger partial charge in [0.25, 0.3) is 0 Å². The first-order valence-corrected chi connectivity index (χ1v) is 7.75. The van der Waals surface area contributed by atoms with Crippen molar-refractivity contribution >= 4 is 21.5 Å². The van der Waals surface area contributed by atoms with Crippen LogP contribution in [0, 0.1) is 0 Å². The molecule has 7 heteroatoms. The van der Waals surface area contributed by atoms with E-state index in [2.05, 4.69) is 15.1 Å². The standard InChI is InChI=1S/C13H18N4O2S/c1-10(2)16-20(18,19)12-7-5-4-6-11(12)14-13-8-9-17(3)15-13/h4-10,16H,1-3H3,(H,14,15). The fourth-order valence-corrected chi connectivity index (χ4v) is 3.21. The Hall–Kier alpha value is -1.86. The number of nitrogens with one attached hydrogen (secondary N) is 2. The molecule has 0 fully saturated rings. The number of aromatic nitrogens is 2. The van der Waals surface area contributed by atoms with Gasteiger partial charge in [0.05, 0.1) is 5.69 Å². The van der Waals surface area contributed by atoms with E-state index >= 15 is 0 Å². The number of aryl methyl sites for hydroxylation is 1. The van der Waals surface area contributed by atoms with Gasteiger partial charge >= 0.3 is 0 Å². The van der Waals surface area contributed by atoms with Crippen molar-refractivity contribution in [1.82, 2.24) is 14.5 Å². The molecule has 6 nitrogen and oxygen atoms in total. The highest BCUT2D eigenvalue weighted by atomic mass is 32.2. The van der Waals surface area contributed by atoms with Crippen LogP contribution >= 0.6 is 0 Å². The minimum Gasteiger partial charge on any atom is -0.338 e. The predicted molar refractivity (Wildman–Crippen MR) is 78.4 cm³/mol. The normalized spacial score (nSPS) is 11.8. The van der Waals surface area contributed by atoms with Crippen LogP contribution in [0.1, 0.15) is 13.8 Å². The number of anilines is 2. The summed E-state index contributed by atoms with van der Waals surface area (Å²) in [6.07, 6.45) is 1.78. The Morgan fingerprint density at radius 1 is 1.20 bits per heavy atom. The minimum atomic E-state index is -3.55. The molecule has 0 bridgehead atoms. The van der Waals surface area contributed by atoms with Crippen molar-refractivity contribution in [1.29, 1.82) is 0 Å². The van der Waals surface area contributed by atoms with E-state index in [1.807, 2.05) is 0 Å². The second kappa shape index (κ2) is 5.64. The van der Waals surface area contributed by atoms with Crippen molar-refractivity contribution in [3.8, 4) is 0 Å². The lowest BCUT2D eigenvalue weighted by Crippen LogP contribution is -2.30. The second-order valence-corrected chi connectivity index (χ2v) is 6.45. The van der Waals surface area contributed by atoms with Gasteiger partial charge in [0.2, 0.25) is 10.0 Å². The molecule has 0 unspecified atom stereocenters. The molecule has 0 amide bonds. The van der Waals surface area contributed by atoms with Gasteiger partial charge in [-0.15, -0.1) is 0 Å². The van der Waals surface area contributed by atoms with Gasteiger partial charge in [0.1, 0.15) is 4.90 Å². The number of sulfonamides is 1. The maximum absolute atomic E-state index is 12.3. The van der Waals surface area contributed by atoms with Gasteiger partial charge in [-0.05, 0) is 26.0 Å². The molecule has 0 aliphatic carbocycles. The summed E-state index contributed by atoms with van der Waals surface area (Å²) in [6, 6.07) is 8.36. The van der Waals surface area contributed by atoms with E-state index in [0.717, 1.165) is 0 Å². The Balaban J connectivity index is 2.35. The molecule has 1 heterocycles. The van der Waals surface area contributed by atoms with E-state index in [-0.39, 0.29) is 10.9 Å². The third kappa shape index (κ3) is 3.37. The number of nitrogens with zero attached hydrogens (tertiary/aromatic N) is 2. The zero-order valence-corrected chi connectivity index (χ0v) is 12.5. The zero-order valence-electron chi connectivity index (χ0n) is 11.7. The molecule has 108 valence electrons. The summed E-state index contributed by atoms with van der Waals surface area (Å²) in [5.74, 6) is 0.597. The highest BCUT2D eigenvalue weighted by molar-refractivity contribution is 7.89. The third-order valence-electron chi connectivity index (χ3n) is 2.54. The van der Waals surface area contributed by atoms with Crippen LogP contribution in [0.5, 0.6) is 0 Å². The van der Waals surface area contributed by atoms with Gasteiger partial charge in [0.15, 0.2) is 5.82 Å². The van der Waals surface area contributed by atoms with Crippen LogP contribution in [-0.4, -0.2) is 24.2 Å². The zero-order chi connectivity index (χ0) is 14.8. The molecular formula is C13H18N4O2S. The number of para-hydroxylation sites is 1. The maximum Gasteiger partial charge on any atom is 0.242 e. The van der Waals surface area contributed by atoms with Gasteiger partial charge < -0.3 is 5.32 Å². The molecule has 0 aliphatic heterocycles. The number of benzene rings is 1. The molecule has 0 atom stereocenters. The van der Waals surface area contributed by atoms with Gasteiger partial charge in [-0.1, -0.05) is 12.1 Å². The number of rotatable bonds is 5. The van der Waals surface area contributed by atoms with Gasteiger partial charge in [-0.3, -0.25) is 4.68 Å². The molecule has 20 heavy (non-hydrogen) atoms. The largest absolute Gasteiger partial charge is 0.338 e. The topological polar surface area (TPSA) is 76.0 Å². The molecule has 2 rings (SSSR count).